The number of anilines is 1. The number of benzene rings is 1. The van der Waals surface area contributed by atoms with E-state index in [1.165, 1.54) is 0 Å². The monoisotopic (exact) mass is 471 g/mol. The van der Waals surface area contributed by atoms with Gasteiger partial charge in [0, 0.05) is 42.8 Å². The lowest BCUT2D eigenvalue weighted by Crippen LogP contribution is -2.20. The highest BCUT2D eigenvalue weighted by atomic mass is 79.9. The van der Waals surface area contributed by atoms with Crippen molar-refractivity contribution in [2.24, 2.45) is 0 Å². The second-order valence-electron chi connectivity index (χ2n) is 7.72. The molecule has 5 rings (SSSR count). The number of aromatic nitrogens is 5. The first-order valence-corrected chi connectivity index (χ1v) is 11.0. The maximum absolute atomic E-state index is 14.5. The van der Waals surface area contributed by atoms with Gasteiger partial charge in [0.25, 0.3) is 0 Å². The summed E-state index contributed by atoms with van der Waals surface area (Å²) in [7, 11) is 0. The highest BCUT2D eigenvalue weighted by Crippen LogP contribution is 2.38. The quantitative estimate of drug-likeness (QED) is 0.482. The summed E-state index contributed by atoms with van der Waals surface area (Å²) in [5.41, 5.74) is 9.87. The zero-order valence-corrected chi connectivity index (χ0v) is 18.5. The van der Waals surface area contributed by atoms with Gasteiger partial charge in [0.05, 0.1) is 16.2 Å². The summed E-state index contributed by atoms with van der Waals surface area (Å²) in [4.78, 5) is 11.3. The van der Waals surface area contributed by atoms with Crippen LogP contribution in [0.5, 0.6) is 0 Å². The molecule has 1 unspecified atom stereocenters. The molecule has 1 aliphatic rings. The van der Waals surface area contributed by atoms with Gasteiger partial charge >= 0.3 is 0 Å². The van der Waals surface area contributed by atoms with Crippen LogP contribution in [-0.4, -0.2) is 48.8 Å². The van der Waals surface area contributed by atoms with Gasteiger partial charge in [0.1, 0.15) is 22.5 Å². The van der Waals surface area contributed by atoms with E-state index in [1.807, 2.05) is 23.9 Å². The highest BCUT2D eigenvalue weighted by Gasteiger charge is 2.27. The molecule has 1 aromatic carbocycles. The Hall–Kier alpha value is -2.52. The third-order valence-electron chi connectivity index (χ3n) is 5.97. The molecule has 156 valence electrons. The van der Waals surface area contributed by atoms with Gasteiger partial charge in [-0.25, -0.2) is 14.4 Å². The summed E-state index contributed by atoms with van der Waals surface area (Å²) in [6, 6.07) is 3.71. The Labute approximate surface area is 181 Å². The molecule has 0 amide bonds. The van der Waals surface area contributed by atoms with Crippen LogP contribution in [-0.2, 0) is 6.54 Å². The number of nitrogens with two attached hydrogens (primary N) is 1. The fraction of sp³-hybridized carbons (Fsp3) is 0.381. The van der Waals surface area contributed by atoms with Crippen LogP contribution in [0.4, 0.5) is 10.3 Å². The Balaban J connectivity index is 1.77. The lowest BCUT2D eigenvalue weighted by Gasteiger charge is -2.16. The first kappa shape index (κ1) is 19.4. The van der Waals surface area contributed by atoms with Gasteiger partial charge in [0.15, 0.2) is 0 Å². The Morgan fingerprint density at radius 3 is 2.77 bits per heavy atom. The minimum Gasteiger partial charge on any atom is -0.368 e. The molecule has 4 aromatic rings. The molecule has 0 bridgehead atoms. The van der Waals surface area contributed by atoms with Crippen LogP contribution in [0, 0.1) is 5.82 Å². The van der Waals surface area contributed by atoms with Gasteiger partial charge in [-0.2, -0.15) is 5.10 Å². The molecule has 0 spiro atoms. The molecular formula is C21H23BrFN7. The third kappa shape index (κ3) is 3.07. The second-order valence-corrected chi connectivity index (χ2v) is 8.57. The van der Waals surface area contributed by atoms with Crippen molar-refractivity contribution < 1.29 is 4.39 Å². The summed E-state index contributed by atoms with van der Waals surface area (Å²) in [5, 5.41) is 5.58. The van der Waals surface area contributed by atoms with Crippen molar-refractivity contribution in [1.29, 1.82) is 0 Å². The van der Waals surface area contributed by atoms with E-state index in [-0.39, 0.29) is 17.8 Å². The van der Waals surface area contributed by atoms with Gasteiger partial charge in [-0.15, -0.1) is 0 Å². The normalized spacial score (nSPS) is 17.5. The summed E-state index contributed by atoms with van der Waals surface area (Å²) in [6.45, 7) is 7.92. The summed E-state index contributed by atoms with van der Waals surface area (Å²) in [5.74, 6) is -0.0744. The SMILES string of the molecule is CCN1CCC(n2cc(-c3nc(N)nc4cn(CC)nc34)c3cc(Br)c(F)cc32)C1. The zero-order valence-electron chi connectivity index (χ0n) is 16.9. The predicted molar refractivity (Wildman–Crippen MR) is 120 cm³/mol. The minimum atomic E-state index is -0.277. The van der Waals surface area contributed by atoms with E-state index in [0.717, 1.165) is 49.1 Å². The predicted octanol–water partition coefficient (Wildman–Crippen LogP) is 4.22. The summed E-state index contributed by atoms with van der Waals surface area (Å²) < 4.78 is 18.9. The number of halogens is 2. The van der Waals surface area contributed by atoms with Gasteiger partial charge < -0.3 is 15.2 Å². The smallest absolute Gasteiger partial charge is 0.221 e. The van der Waals surface area contributed by atoms with Gasteiger partial charge in [-0.1, -0.05) is 6.92 Å². The van der Waals surface area contributed by atoms with Crippen LogP contribution >= 0.6 is 15.9 Å². The number of nitrogen functional groups attached to an aromatic ring is 1. The minimum absolute atomic E-state index is 0.202. The molecule has 1 aliphatic heterocycles. The van der Waals surface area contributed by atoms with Crippen LogP contribution in [0.15, 0.2) is 29.0 Å². The number of likely N-dealkylation sites (N-methyl/N-ethyl adjacent to an activating group) is 1. The maximum atomic E-state index is 14.5. The molecule has 1 saturated heterocycles. The van der Waals surface area contributed by atoms with E-state index in [0.29, 0.717) is 21.2 Å². The van der Waals surface area contributed by atoms with E-state index >= 15 is 0 Å². The van der Waals surface area contributed by atoms with Gasteiger partial charge in [-0.05, 0) is 48.0 Å². The maximum Gasteiger partial charge on any atom is 0.221 e. The molecule has 30 heavy (non-hydrogen) atoms. The van der Waals surface area contributed by atoms with E-state index in [1.54, 1.807) is 6.07 Å². The van der Waals surface area contributed by atoms with Crippen molar-refractivity contribution in [3.05, 3.63) is 34.8 Å². The Kier molecular flexibility index (Phi) is 4.74. The molecule has 1 fully saturated rings. The molecule has 0 radical (unpaired) electrons. The molecule has 1 atom stereocenters. The molecule has 7 nitrogen and oxygen atoms in total. The van der Waals surface area contributed by atoms with Crippen molar-refractivity contribution in [2.45, 2.75) is 32.9 Å². The van der Waals surface area contributed by atoms with Gasteiger partial charge in [0.2, 0.25) is 5.95 Å². The molecular weight excluding hydrogens is 449 g/mol. The standard InChI is InChI=1S/C21H23BrFN7/c1-3-28-6-5-12(9-28)30-10-14(13-7-15(22)16(23)8-18(13)30)19-20-17(25-21(24)26-19)11-29(4-2)27-20/h7-8,10-12H,3-6,9H2,1-2H3,(H2,24,25). The van der Waals surface area contributed by atoms with Crippen molar-refractivity contribution in [3.63, 3.8) is 0 Å². The van der Waals surface area contributed by atoms with Crippen molar-refractivity contribution in [2.75, 3.05) is 25.4 Å². The summed E-state index contributed by atoms with van der Waals surface area (Å²) >= 11 is 3.35. The number of likely N-dealkylation sites (tertiary alicyclic amines) is 1. The first-order valence-electron chi connectivity index (χ1n) is 10.2. The lowest BCUT2D eigenvalue weighted by atomic mass is 10.1. The van der Waals surface area contributed by atoms with E-state index < -0.39 is 0 Å². The number of fused-ring (bicyclic) bond motifs is 2. The average Bonchev–Trinajstić information content (AvgIpc) is 3.44. The molecule has 9 heteroatoms. The van der Waals surface area contributed by atoms with Gasteiger partial charge in [-0.3, -0.25) is 4.68 Å². The van der Waals surface area contributed by atoms with E-state index in [9.17, 15) is 4.39 Å². The largest absolute Gasteiger partial charge is 0.368 e. The molecule has 3 aromatic heterocycles. The summed E-state index contributed by atoms with van der Waals surface area (Å²) in [6.07, 6.45) is 4.98. The molecule has 2 N–H and O–H groups in total. The van der Waals surface area contributed by atoms with Crippen LogP contribution in [0.2, 0.25) is 0 Å². The molecule has 0 saturated carbocycles. The Morgan fingerprint density at radius 1 is 1.20 bits per heavy atom. The Morgan fingerprint density at radius 2 is 2.03 bits per heavy atom. The number of hydrogen-bond acceptors (Lipinski definition) is 5. The van der Waals surface area contributed by atoms with Crippen molar-refractivity contribution >= 4 is 43.8 Å². The van der Waals surface area contributed by atoms with Crippen LogP contribution in [0.25, 0.3) is 33.2 Å². The van der Waals surface area contributed by atoms with Crippen molar-refractivity contribution in [3.8, 4) is 11.3 Å². The lowest BCUT2D eigenvalue weighted by molar-refractivity contribution is 0.343. The number of nitrogens with zero attached hydrogens (tertiary/aromatic N) is 6. The highest BCUT2D eigenvalue weighted by molar-refractivity contribution is 9.10. The Bertz CT molecular complexity index is 1260. The van der Waals surface area contributed by atoms with Crippen molar-refractivity contribution in [1.82, 2.24) is 29.2 Å². The zero-order chi connectivity index (χ0) is 21.0. The van der Waals surface area contributed by atoms with E-state index in [2.05, 4.69) is 53.6 Å². The van der Waals surface area contributed by atoms with Crippen LogP contribution < -0.4 is 5.73 Å². The van der Waals surface area contributed by atoms with Crippen LogP contribution in [0.1, 0.15) is 26.3 Å². The molecule has 4 heterocycles. The second kappa shape index (κ2) is 7.31. The topological polar surface area (TPSA) is 77.8 Å². The number of aryl methyl sites for hydroxylation is 1. The van der Waals surface area contributed by atoms with Crippen LogP contribution in [0.3, 0.4) is 0 Å². The number of hydrogen-bond donors (Lipinski definition) is 1. The number of rotatable bonds is 4. The third-order valence-corrected chi connectivity index (χ3v) is 6.58. The molecule has 0 aliphatic carbocycles. The average molecular weight is 472 g/mol. The van der Waals surface area contributed by atoms with E-state index in [4.69, 9.17) is 5.73 Å². The fourth-order valence-corrected chi connectivity index (χ4v) is 4.73. The fourth-order valence-electron chi connectivity index (χ4n) is 4.39. The first-order chi connectivity index (χ1) is 14.5.